The van der Waals surface area contributed by atoms with Crippen molar-refractivity contribution in [3.8, 4) is 5.75 Å². The van der Waals surface area contributed by atoms with Gasteiger partial charge in [0, 0.05) is 43.7 Å². The van der Waals surface area contributed by atoms with Crippen LogP contribution >= 0.6 is 0 Å². The van der Waals surface area contributed by atoms with E-state index >= 15 is 0 Å². The van der Waals surface area contributed by atoms with Gasteiger partial charge in [-0.3, -0.25) is 0 Å². The zero-order valence-corrected chi connectivity index (χ0v) is 14.3. The van der Waals surface area contributed by atoms with Gasteiger partial charge in [-0.2, -0.15) is 0 Å². The second kappa shape index (κ2) is 6.74. The monoisotopic (exact) mass is 322 g/mol. The number of fused-ring (bicyclic) bond motifs is 1. The summed E-state index contributed by atoms with van der Waals surface area (Å²) in [5, 5.41) is 10.3. The van der Waals surface area contributed by atoms with E-state index in [1.807, 2.05) is 48.0 Å². The van der Waals surface area contributed by atoms with Crippen molar-refractivity contribution in [3.05, 3.63) is 48.0 Å². The molecule has 0 amide bonds. The van der Waals surface area contributed by atoms with Crippen LogP contribution in [0, 0.1) is 0 Å². The van der Waals surface area contributed by atoms with Gasteiger partial charge in [0.25, 0.3) is 0 Å². The summed E-state index contributed by atoms with van der Waals surface area (Å²) in [4.78, 5) is 11.1. The summed E-state index contributed by atoms with van der Waals surface area (Å²) in [7, 11) is 1.94. The lowest BCUT2D eigenvalue weighted by Gasteiger charge is -2.21. The molecule has 2 aromatic carbocycles. The van der Waals surface area contributed by atoms with E-state index in [-0.39, 0.29) is 5.75 Å². The molecule has 0 saturated heterocycles. The van der Waals surface area contributed by atoms with Gasteiger partial charge in [0.1, 0.15) is 5.75 Å². The number of phenols is 1. The van der Waals surface area contributed by atoms with Gasteiger partial charge >= 0.3 is 0 Å². The number of aromatic hydroxyl groups is 1. The van der Waals surface area contributed by atoms with Crippen molar-refractivity contribution in [2.24, 2.45) is 12.0 Å². The van der Waals surface area contributed by atoms with Crippen molar-refractivity contribution in [3.63, 3.8) is 0 Å². The van der Waals surface area contributed by atoms with Crippen LogP contribution in [0.1, 0.15) is 19.4 Å². The SMILES string of the molecule is CCN(CC)c1ccc(/C=N/c2nc3ccccc3n2C)c(O)c1. The van der Waals surface area contributed by atoms with Crippen LogP contribution in [0.5, 0.6) is 5.75 Å². The molecule has 0 radical (unpaired) electrons. The van der Waals surface area contributed by atoms with Crippen LogP contribution in [0.4, 0.5) is 11.6 Å². The number of aromatic nitrogens is 2. The Morgan fingerprint density at radius 3 is 2.58 bits per heavy atom. The lowest BCUT2D eigenvalue weighted by molar-refractivity contribution is 0.474. The van der Waals surface area contributed by atoms with E-state index in [1.165, 1.54) is 0 Å². The van der Waals surface area contributed by atoms with Gasteiger partial charge in [-0.1, -0.05) is 12.1 Å². The Bertz CT molecular complexity index is 878. The summed E-state index contributed by atoms with van der Waals surface area (Å²) in [6.45, 7) is 6.01. The molecule has 0 spiro atoms. The van der Waals surface area contributed by atoms with Crippen LogP contribution in [-0.2, 0) is 7.05 Å². The number of nitrogens with zero attached hydrogens (tertiary/aromatic N) is 4. The third-order valence-electron chi connectivity index (χ3n) is 4.23. The molecule has 124 valence electrons. The summed E-state index contributed by atoms with van der Waals surface area (Å²) in [5.74, 6) is 0.838. The third kappa shape index (κ3) is 2.97. The summed E-state index contributed by atoms with van der Waals surface area (Å²) < 4.78 is 1.94. The highest BCUT2D eigenvalue weighted by Crippen LogP contribution is 2.25. The molecule has 0 saturated carbocycles. The fourth-order valence-corrected chi connectivity index (χ4v) is 2.80. The normalized spacial score (nSPS) is 11.5. The molecular weight excluding hydrogens is 300 g/mol. The Morgan fingerprint density at radius 1 is 1.17 bits per heavy atom. The predicted molar refractivity (Wildman–Crippen MR) is 99.6 cm³/mol. The number of phenolic OH excluding ortho intramolecular Hbond substituents is 1. The highest BCUT2D eigenvalue weighted by atomic mass is 16.3. The number of hydrogen-bond donors (Lipinski definition) is 1. The second-order valence-electron chi connectivity index (χ2n) is 5.63. The van der Waals surface area contributed by atoms with Gasteiger partial charge in [-0.05, 0) is 38.1 Å². The smallest absolute Gasteiger partial charge is 0.230 e. The van der Waals surface area contributed by atoms with E-state index in [0.29, 0.717) is 11.5 Å². The lowest BCUT2D eigenvalue weighted by atomic mass is 10.2. The number of hydrogen-bond acceptors (Lipinski definition) is 4. The Kier molecular flexibility index (Phi) is 4.51. The zero-order valence-electron chi connectivity index (χ0n) is 14.3. The number of benzene rings is 2. The molecule has 0 unspecified atom stereocenters. The Labute approximate surface area is 141 Å². The molecule has 24 heavy (non-hydrogen) atoms. The van der Waals surface area contributed by atoms with Crippen molar-refractivity contribution >= 4 is 28.9 Å². The van der Waals surface area contributed by atoms with Crippen LogP contribution in [0.25, 0.3) is 11.0 Å². The topological polar surface area (TPSA) is 53.7 Å². The molecule has 1 heterocycles. The number of rotatable bonds is 5. The van der Waals surface area contributed by atoms with Crippen LogP contribution in [0.3, 0.4) is 0 Å². The van der Waals surface area contributed by atoms with Crippen molar-refractivity contribution < 1.29 is 5.11 Å². The van der Waals surface area contributed by atoms with Crippen molar-refractivity contribution in [2.75, 3.05) is 18.0 Å². The third-order valence-corrected chi connectivity index (χ3v) is 4.23. The summed E-state index contributed by atoms with van der Waals surface area (Å²) in [6, 6.07) is 13.6. The van der Waals surface area contributed by atoms with Crippen LogP contribution < -0.4 is 4.90 Å². The van der Waals surface area contributed by atoms with E-state index in [0.717, 1.165) is 29.8 Å². The maximum Gasteiger partial charge on any atom is 0.230 e. The van der Waals surface area contributed by atoms with Crippen LogP contribution in [-0.4, -0.2) is 34.0 Å². The van der Waals surface area contributed by atoms with Gasteiger partial charge in [-0.25, -0.2) is 9.98 Å². The van der Waals surface area contributed by atoms with Crippen LogP contribution in [0.2, 0.25) is 0 Å². The van der Waals surface area contributed by atoms with E-state index in [2.05, 4.69) is 28.7 Å². The molecule has 0 aliphatic carbocycles. The fraction of sp³-hybridized carbons (Fsp3) is 0.263. The molecule has 0 aliphatic heterocycles. The Hall–Kier alpha value is -2.82. The molecule has 1 N–H and O–H groups in total. The van der Waals surface area contributed by atoms with Crippen molar-refractivity contribution in [1.82, 2.24) is 9.55 Å². The average Bonchev–Trinajstić information content (AvgIpc) is 2.92. The van der Waals surface area contributed by atoms with Gasteiger partial charge in [0.15, 0.2) is 0 Å². The minimum Gasteiger partial charge on any atom is -0.507 e. The molecule has 5 nitrogen and oxygen atoms in total. The molecule has 0 fully saturated rings. The highest BCUT2D eigenvalue weighted by Gasteiger charge is 2.07. The number of imidazole rings is 1. The standard InChI is InChI=1S/C19H22N4O/c1-4-23(5-2)15-11-10-14(18(24)12-15)13-20-19-21-16-8-6-7-9-17(16)22(19)3/h6-13,24H,4-5H2,1-3H3/b20-13+. The number of para-hydroxylation sites is 2. The molecule has 3 aromatic rings. The molecule has 0 aliphatic rings. The van der Waals surface area contributed by atoms with E-state index in [9.17, 15) is 5.11 Å². The first-order chi connectivity index (χ1) is 11.6. The molecular formula is C19H22N4O. The predicted octanol–water partition coefficient (Wildman–Crippen LogP) is 3.88. The molecule has 3 rings (SSSR count). The van der Waals surface area contributed by atoms with E-state index in [1.54, 1.807) is 12.3 Å². The van der Waals surface area contributed by atoms with E-state index < -0.39 is 0 Å². The molecule has 0 bridgehead atoms. The zero-order chi connectivity index (χ0) is 17.1. The Morgan fingerprint density at radius 2 is 1.92 bits per heavy atom. The summed E-state index contributed by atoms with van der Waals surface area (Å²) >= 11 is 0. The second-order valence-corrected chi connectivity index (χ2v) is 5.63. The van der Waals surface area contributed by atoms with E-state index in [4.69, 9.17) is 0 Å². The van der Waals surface area contributed by atoms with Gasteiger partial charge in [0.05, 0.1) is 11.0 Å². The average molecular weight is 322 g/mol. The Balaban J connectivity index is 1.89. The van der Waals surface area contributed by atoms with Crippen LogP contribution in [0.15, 0.2) is 47.5 Å². The molecule has 0 atom stereocenters. The number of aryl methyl sites for hydroxylation is 1. The quantitative estimate of drug-likeness (QED) is 0.725. The molecule has 5 heteroatoms. The first kappa shape index (κ1) is 16.1. The minimum absolute atomic E-state index is 0.224. The first-order valence-corrected chi connectivity index (χ1v) is 8.17. The molecule has 1 aromatic heterocycles. The van der Waals surface area contributed by atoms with Crippen molar-refractivity contribution in [1.29, 1.82) is 0 Å². The fourth-order valence-electron chi connectivity index (χ4n) is 2.80. The summed E-state index contributed by atoms with van der Waals surface area (Å²) in [6.07, 6.45) is 1.66. The van der Waals surface area contributed by atoms with Gasteiger partial charge in [0.2, 0.25) is 5.95 Å². The maximum absolute atomic E-state index is 10.3. The number of aliphatic imine (C=N–C) groups is 1. The van der Waals surface area contributed by atoms with Gasteiger partial charge in [-0.15, -0.1) is 0 Å². The first-order valence-electron chi connectivity index (χ1n) is 8.17. The van der Waals surface area contributed by atoms with Crippen molar-refractivity contribution in [2.45, 2.75) is 13.8 Å². The lowest BCUT2D eigenvalue weighted by Crippen LogP contribution is -2.21. The minimum atomic E-state index is 0.224. The maximum atomic E-state index is 10.3. The highest BCUT2D eigenvalue weighted by molar-refractivity contribution is 5.87. The van der Waals surface area contributed by atoms with Gasteiger partial charge < -0.3 is 14.6 Å². The summed E-state index contributed by atoms with van der Waals surface area (Å²) in [5.41, 5.74) is 3.63. The number of anilines is 1. The largest absolute Gasteiger partial charge is 0.507 e.